The van der Waals surface area contributed by atoms with E-state index >= 15 is 0 Å². The Morgan fingerprint density at radius 1 is 1.31 bits per heavy atom. The zero-order valence-electron chi connectivity index (χ0n) is 10.3. The van der Waals surface area contributed by atoms with E-state index in [9.17, 15) is 0 Å². The summed E-state index contributed by atoms with van der Waals surface area (Å²) in [6, 6.07) is 6.34. The number of hydrogen-bond donors (Lipinski definition) is 1. The van der Waals surface area contributed by atoms with Gasteiger partial charge in [-0.2, -0.15) is 0 Å². The largest absolute Gasteiger partial charge is 0.494 e. The van der Waals surface area contributed by atoms with Crippen molar-refractivity contribution in [1.82, 2.24) is 0 Å². The van der Waals surface area contributed by atoms with Crippen molar-refractivity contribution >= 4 is 0 Å². The molecule has 16 heavy (non-hydrogen) atoms. The molecule has 2 N–H and O–H groups in total. The fraction of sp³-hybridized carbons (Fsp3) is 0.571. The summed E-state index contributed by atoms with van der Waals surface area (Å²) < 4.78 is 5.69. The molecule has 0 bridgehead atoms. The van der Waals surface area contributed by atoms with E-state index in [1.54, 1.807) is 0 Å². The van der Waals surface area contributed by atoms with Crippen LogP contribution in [0.15, 0.2) is 18.2 Å². The van der Waals surface area contributed by atoms with E-state index in [2.05, 4.69) is 25.1 Å². The molecule has 2 rings (SSSR count). The fourth-order valence-corrected chi connectivity index (χ4v) is 2.59. The lowest BCUT2D eigenvalue weighted by Crippen LogP contribution is -2.33. The Morgan fingerprint density at radius 3 is 2.62 bits per heavy atom. The van der Waals surface area contributed by atoms with Crippen LogP contribution in [0.2, 0.25) is 0 Å². The summed E-state index contributed by atoms with van der Waals surface area (Å²) in [5, 5.41) is 0. The number of aryl methyl sites for hydroxylation is 1. The predicted octanol–water partition coefficient (Wildman–Crippen LogP) is 3.12. The van der Waals surface area contributed by atoms with E-state index in [-0.39, 0.29) is 5.54 Å². The van der Waals surface area contributed by atoms with Crippen LogP contribution in [0, 0.1) is 6.92 Å². The quantitative estimate of drug-likeness (QED) is 0.847. The van der Waals surface area contributed by atoms with E-state index in [0.29, 0.717) is 6.61 Å². The Hall–Kier alpha value is -1.02. The molecule has 0 atom stereocenters. The number of ether oxygens (including phenoxy) is 1. The van der Waals surface area contributed by atoms with E-state index in [0.717, 1.165) is 18.6 Å². The lowest BCUT2D eigenvalue weighted by molar-refractivity contribution is 0.322. The molecular weight excluding hydrogens is 198 g/mol. The highest BCUT2D eigenvalue weighted by Gasteiger charge is 2.33. The minimum Gasteiger partial charge on any atom is -0.494 e. The van der Waals surface area contributed by atoms with Gasteiger partial charge in [0.15, 0.2) is 0 Å². The van der Waals surface area contributed by atoms with E-state index in [4.69, 9.17) is 10.5 Å². The number of benzene rings is 1. The summed E-state index contributed by atoms with van der Waals surface area (Å²) in [6.07, 6.45) is 4.62. The third kappa shape index (κ3) is 2.07. The average molecular weight is 219 g/mol. The summed E-state index contributed by atoms with van der Waals surface area (Å²) >= 11 is 0. The molecule has 0 aliphatic heterocycles. The molecule has 1 saturated carbocycles. The van der Waals surface area contributed by atoms with E-state index in [1.807, 2.05) is 6.92 Å². The first-order valence-electron chi connectivity index (χ1n) is 6.18. The maximum absolute atomic E-state index is 6.50. The van der Waals surface area contributed by atoms with Crippen molar-refractivity contribution in [3.63, 3.8) is 0 Å². The van der Waals surface area contributed by atoms with Crippen LogP contribution in [-0.2, 0) is 5.54 Å². The van der Waals surface area contributed by atoms with Crippen molar-refractivity contribution in [3.05, 3.63) is 29.3 Å². The summed E-state index contributed by atoms with van der Waals surface area (Å²) in [5.41, 5.74) is 8.80. The summed E-state index contributed by atoms with van der Waals surface area (Å²) in [6.45, 7) is 4.82. The first-order valence-corrected chi connectivity index (χ1v) is 6.18. The Kier molecular flexibility index (Phi) is 3.20. The zero-order chi connectivity index (χ0) is 11.6. The predicted molar refractivity (Wildman–Crippen MR) is 66.7 cm³/mol. The van der Waals surface area contributed by atoms with Gasteiger partial charge in [-0.05, 0) is 32.8 Å². The van der Waals surface area contributed by atoms with Crippen molar-refractivity contribution in [2.75, 3.05) is 6.61 Å². The van der Waals surface area contributed by atoms with Crippen LogP contribution in [0.4, 0.5) is 0 Å². The van der Waals surface area contributed by atoms with Crippen LogP contribution in [0.5, 0.6) is 5.75 Å². The SMILES string of the molecule is CCOc1ccc(C)cc1C1(N)CCCC1. The topological polar surface area (TPSA) is 35.2 Å². The second-order valence-electron chi connectivity index (χ2n) is 4.80. The number of rotatable bonds is 3. The van der Waals surface area contributed by atoms with Gasteiger partial charge in [-0.1, -0.05) is 30.5 Å². The van der Waals surface area contributed by atoms with Crippen molar-refractivity contribution < 1.29 is 4.74 Å². The summed E-state index contributed by atoms with van der Waals surface area (Å²) in [7, 11) is 0. The maximum Gasteiger partial charge on any atom is 0.124 e. The molecule has 0 spiro atoms. The molecule has 0 radical (unpaired) electrons. The Balaban J connectivity index is 2.40. The molecular formula is C14H21NO. The highest BCUT2D eigenvalue weighted by atomic mass is 16.5. The summed E-state index contributed by atoms with van der Waals surface area (Å²) in [5.74, 6) is 0.970. The second-order valence-corrected chi connectivity index (χ2v) is 4.80. The lowest BCUT2D eigenvalue weighted by atomic mass is 9.87. The standard InChI is InChI=1S/C14H21NO/c1-3-16-13-7-6-11(2)10-12(13)14(15)8-4-5-9-14/h6-7,10H,3-5,8-9,15H2,1-2H3. The third-order valence-corrected chi connectivity index (χ3v) is 3.47. The molecule has 1 aliphatic rings. The molecule has 88 valence electrons. The molecule has 0 aromatic heterocycles. The van der Waals surface area contributed by atoms with Gasteiger partial charge in [-0.25, -0.2) is 0 Å². The third-order valence-electron chi connectivity index (χ3n) is 3.47. The molecule has 1 aliphatic carbocycles. The molecule has 0 saturated heterocycles. The monoisotopic (exact) mass is 219 g/mol. The highest BCUT2D eigenvalue weighted by molar-refractivity contribution is 5.42. The normalized spacial score (nSPS) is 18.7. The van der Waals surface area contributed by atoms with Gasteiger partial charge in [0.05, 0.1) is 6.61 Å². The highest BCUT2D eigenvalue weighted by Crippen LogP contribution is 2.40. The number of hydrogen-bond acceptors (Lipinski definition) is 2. The lowest BCUT2D eigenvalue weighted by Gasteiger charge is -2.27. The first kappa shape index (κ1) is 11.5. The van der Waals surface area contributed by atoms with Gasteiger partial charge in [0.1, 0.15) is 5.75 Å². The molecule has 2 nitrogen and oxygen atoms in total. The zero-order valence-corrected chi connectivity index (χ0v) is 10.3. The van der Waals surface area contributed by atoms with Gasteiger partial charge in [0, 0.05) is 11.1 Å². The Labute approximate surface area is 97.8 Å². The molecule has 1 aromatic carbocycles. The van der Waals surface area contributed by atoms with E-state index in [1.165, 1.54) is 24.0 Å². The van der Waals surface area contributed by atoms with Gasteiger partial charge >= 0.3 is 0 Å². The van der Waals surface area contributed by atoms with Crippen LogP contribution in [0.3, 0.4) is 0 Å². The molecule has 1 fully saturated rings. The van der Waals surface area contributed by atoms with Crippen molar-refractivity contribution in [3.8, 4) is 5.75 Å². The average Bonchev–Trinajstić information content (AvgIpc) is 2.69. The van der Waals surface area contributed by atoms with Gasteiger partial charge in [0.2, 0.25) is 0 Å². The van der Waals surface area contributed by atoms with Crippen molar-refractivity contribution in [2.24, 2.45) is 5.73 Å². The molecule has 0 heterocycles. The molecule has 0 amide bonds. The van der Waals surface area contributed by atoms with Gasteiger partial charge < -0.3 is 10.5 Å². The molecule has 2 heteroatoms. The Morgan fingerprint density at radius 2 is 2.00 bits per heavy atom. The van der Waals surface area contributed by atoms with Crippen molar-refractivity contribution in [2.45, 2.75) is 45.1 Å². The van der Waals surface area contributed by atoms with Crippen molar-refractivity contribution in [1.29, 1.82) is 0 Å². The van der Waals surface area contributed by atoms with Crippen LogP contribution in [-0.4, -0.2) is 6.61 Å². The van der Waals surface area contributed by atoms with Crippen LogP contribution in [0.1, 0.15) is 43.7 Å². The van der Waals surface area contributed by atoms with Gasteiger partial charge in [-0.3, -0.25) is 0 Å². The van der Waals surface area contributed by atoms with Gasteiger partial charge in [0.25, 0.3) is 0 Å². The Bertz CT molecular complexity index is 367. The fourth-order valence-electron chi connectivity index (χ4n) is 2.59. The minimum absolute atomic E-state index is 0.156. The molecule has 0 unspecified atom stereocenters. The van der Waals surface area contributed by atoms with Gasteiger partial charge in [-0.15, -0.1) is 0 Å². The summed E-state index contributed by atoms with van der Waals surface area (Å²) in [4.78, 5) is 0. The molecule has 1 aromatic rings. The maximum atomic E-state index is 6.50. The smallest absolute Gasteiger partial charge is 0.124 e. The van der Waals surface area contributed by atoms with Crippen LogP contribution >= 0.6 is 0 Å². The second kappa shape index (κ2) is 4.46. The minimum atomic E-state index is -0.156. The number of nitrogens with two attached hydrogens (primary N) is 1. The first-order chi connectivity index (χ1) is 7.65. The van der Waals surface area contributed by atoms with Crippen LogP contribution < -0.4 is 10.5 Å². The van der Waals surface area contributed by atoms with E-state index < -0.39 is 0 Å². The van der Waals surface area contributed by atoms with Crippen LogP contribution in [0.25, 0.3) is 0 Å².